The van der Waals surface area contributed by atoms with Gasteiger partial charge in [0.2, 0.25) is 21.0 Å². The van der Waals surface area contributed by atoms with Gasteiger partial charge in [0.25, 0.3) is 0 Å². The molecule has 0 unspecified atom stereocenters. The predicted octanol–water partition coefficient (Wildman–Crippen LogP) is 0.379. The van der Waals surface area contributed by atoms with Gasteiger partial charge in [-0.15, -0.1) is 11.7 Å². The summed E-state index contributed by atoms with van der Waals surface area (Å²) in [4.78, 5) is 0. The van der Waals surface area contributed by atoms with Gasteiger partial charge in [0.05, 0.1) is 12.8 Å². The van der Waals surface area contributed by atoms with Crippen molar-refractivity contribution in [3.8, 4) is 0 Å². The number of aryl methyl sites for hydroxylation is 1. The summed E-state index contributed by atoms with van der Waals surface area (Å²) in [6.45, 7) is 6.44. The number of aliphatic hydroxyl groups is 1. The van der Waals surface area contributed by atoms with Crippen LogP contribution in [-0.4, -0.2) is 49.6 Å². The molecule has 9 heteroatoms. The second-order valence-electron chi connectivity index (χ2n) is 4.48. The van der Waals surface area contributed by atoms with Gasteiger partial charge < -0.3 is 13.3 Å². The van der Waals surface area contributed by atoms with Crippen molar-refractivity contribution in [2.45, 2.75) is 38.6 Å². The van der Waals surface area contributed by atoms with Gasteiger partial charge in [-0.25, -0.2) is 0 Å². The van der Waals surface area contributed by atoms with Crippen molar-refractivity contribution in [2.24, 2.45) is 0 Å². The average molecular weight is 312 g/mol. The molecule has 0 spiro atoms. The topological polar surface area (TPSA) is 69.4 Å². The van der Waals surface area contributed by atoms with Crippen molar-refractivity contribution >= 4 is 29.5 Å². The molecule has 1 heterocycles. The van der Waals surface area contributed by atoms with Crippen LogP contribution >= 0.6 is 0 Å². The van der Waals surface area contributed by atoms with Crippen molar-refractivity contribution < 1.29 is 13.3 Å². The first-order valence-electron chi connectivity index (χ1n) is 5.89. The van der Waals surface area contributed by atoms with Crippen molar-refractivity contribution in [1.29, 1.82) is 0 Å². The zero-order valence-corrected chi connectivity index (χ0v) is 13.9. The van der Waals surface area contributed by atoms with E-state index in [2.05, 4.69) is 37.9 Å². The SMILES string of the molecule is C=C(C)C[Si](CCCn1cc(CO)nn1)(O[Si])O[Si]. The van der Waals surface area contributed by atoms with Gasteiger partial charge in [0, 0.05) is 12.6 Å². The van der Waals surface area contributed by atoms with Crippen LogP contribution in [0, 0.1) is 0 Å². The Hall–Kier alpha value is -0.589. The van der Waals surface area contributed by atoms with Crippen LogP contribution < -0.4 is 0 Å². The molecule has 0 amide bonds. The summed E-state index contributed by atoms with van der Waals surface area (Å²) in [5, 5.41) is 16.6. The fourth-order valence-electron chi connectivity index (χ4n) is 1.77. The van der Waals surface area contributed by atoms with Crippen molar-refractivity contribution in [1.82, 2.24) is 15.0 Å². The van der Waals surface area contributed by atoms with Gasteiger partial charge in [-0.3, -0.25) is 4.68 Å². The Morgan fingerprint density at radius 3 is 2.68 bits per heavy atom. The molecule has 6 radical (unpaired) electrons. The van der Waals surface area contributed by atoms with Gasteiger partial charge in [-0.2, -0.15) is 0 Å². The fraction of sp³-hybridized carbons (Fsp3) is 0.600. The molecular weight excluding hydrogens is 294 g/mol. The number of rotatable bonds is 9. The van der Waals surface area contributed by atoms with E-state index in [9.17, 15) is 0 Å². The Bertz CT molecular complexity index is 410. The van der Waals surface area contributed by atoms with Crippen molar-refractivity contribution in [2.75, 3.05) is 0 Å². The van der Waals surface area contributed by atoms with Crippen LogP contribution in [0.15, 0.2) is 18.3 Å². The van der Waals surface area contributed by atoms with Crippen LogP contribution in [-0.2, 0) is 21.4 Å². The van der Waals surface area contributed by atoms with E-state index < -0.39 is 8.56 Å². The Morgan fingerprint density at radius 1 is 1.53 bits per heavy atom. The Kier molecular flexibility index (Phi) is 6.82. The highest BCUT2D eigenvalue weighted by molar-refractivity contribution is 6.73. The standard InChI is InChI=1S/C10H17N3O3Si3/c1-9(2)8-19(15-17,16-18)5-3-4-13-6-10(7-14)11-12-13/h6,14H,1,3-5,7-8H2,2H3. The van der Waals surface area contributed by atoms with Crippen LogP contribution in [0.5, 0.6) is 0 Å². The van der Waals surface area contributed by atoms with Gasteiger partial charge in [0.1, 0.15) is 5.69 Å². The third-order valence-electron chi connectivity index (χ3n) is 2.64. The minimum Gasteiger partial charge on any atom is -0.437 e. The summed E-state index contributed by atoms with van der Waals surface area (Å²) in [6.07, 6.45) is 2.56. The van der Waals surface area contributed by atoms with E-state index in [0.717, 1.165) is 18.0 Å². The van der Waals surface area contributed by atoms with Crippen molar-refractivity contribution in [3.63, 3.8) is 0 Å². The second kappa shape index (κ2) is 7.87. The minimum absolute atomic E-state index is 0.0944. The summed E-state index contributed by atoms with van der Waals surface area (Å²) in [5.41, 5.74) is 1.59. The fourth-order valence-corrected chi connectivity index (χ4v) is 5.50. The third-order valence-corrected chi connectivity index (χ3v) is 7.87. The lowest BCUT2D eigenvalue weighted by Crippen LogP contribution is -2.41. The molecule has 0 fully saturated rings. The van der Waals surface area contributed by atoms with Crippen LogP contribution in [0.4, 0.5) is 0 Å². The van der Waals surface area contributed by atoms with E-state index in [1.165, 1.54) is 0 Å². The second-order valence-corrected chi connectivity index (χ2v) is 8.79. The van der Waals surface area contributed by atoms with Gasteiger partial charge >= 0.3 is 8.56 Å². The molecule has 102 valence electrons. The highest BCUT2D eigenvalue weighted by Gasteiger charge is 2.33. The number of hydrogen-bond acceptors (Lipinski definition) is 5. The number of allylic oxidation sites excluding steroid dienone is 1. The Balaban J connectivity index is 2.50. The molecule has 19 heavy (non-hydrogen) atoms. The van der Waals surface area contributed by atoms with Crippen LogP contribution in [0.25, 0.3) is 0 Å². The molecular formula is C10H17N3O3Si3. The zero-order valence-electron chi connectivity index (χ0n) is 10.9. The lowest BCUT2D eigenvalue weighted by Gasteiger charge is -2.28. The number of hydrogen-bond donors (Lipinski definition) is 1. The minimum atomic E-state index is -2.35. The molecule has 1 aromatic rings. The van der Waals surface area contributed by atoms with E-state index in [4.69, 9.17) is 13.3 Å². The van der Waals surface area contributed by atoms with E-state index >= 15 is 0 Å². The first kappa shape index (κ1) is 16.5. The van der Waals surface area contributed by atoms with E-state index in [1.54, 1.807) is 10.9 Å². The van der Waals surface area contributed by atoms with Gasteiger partial charge in [-0.1, -0.05) is 10.8 Å². The predicted molar refractivity (Wildman–Crippen MR) is 74.4 cm³/mol. The van der Waals surface area contributed by atoms with E-state index in [1.807, 2.05) is 6.92 Å². The quantitative estimate of drug-likeness (QED) is 0.527. The number of aliphatic hydroxyl groups excluding tert-OH is 1. The molecule has 0 aliphatic rings. The normalized spacial score (nSPS) is 11.8. The zero-order chi connectivity index (χ0) is 14.3. The number of aromatic nitrogens is 3. The third kappa shape index (κ3) is 5.12. The summed E-state index contributed by atoms with van der Waals surface area (Å²) in [7, 11) is 3.88. The molecule has 0 saturated carbocycles. The molecule has 0 aliphatic heterocycles. The average Bonchev–Trinajstić information content (AvgIpc) is 2.85. The molecule has 0 saturated heterocycles. The number of nitrogens with zero attached hydrogens (tertiary/aromatic N) is 3. The molecule has 1 N–H and O–H groups in total. The first-order chi connectivity index (χ1) is 9.05. The largest absolute Gasteiger partial charge is 0.437 e. The highest BCUT2D eigenvalue weighted by atomic mass is 28.4. The van der Waals surface area contributed by atoms with E-state index in [-0.39, 0.29) is 6.61 Å². The Labute approximate surface area is 121 Å². The maximum atomic E-state index is 8.91. The summed E-state index contributed by atoms with van der Waals surface area (Å²) in [5.74, 6) is 0. The lowest BCUT2D eigenvalue weighted by molar-refractivity contribution is 0.276. The molecule has 1 rings (SSSR count). The summed E-state index contributed by atoms with van der Waals surface area (Å²) in [6, 6.07) is 1.49. The maximum Gasteiger partial charge on any atom is 0.321 e. The first-order valence-corrected chi connectivity index (χ1v) is 8.93. The summed E-state index contributed by atoms with van der Waals surface area (Å²) >= 11 is 0. The monoisotopic (exact) mass is 311 g/mol. The van der Waals surface area contributed by atoms with E-state index in [0.29, 0.717) is 18.3 Å². The highest BCUT2D eigenvalue weighted by Crippen LogP contribution is 2.23. The van der Waals surface area contributed by atoms with Crippen molar-refractivity contribution in [3.05, 3.63) is 24.0 Å². The van der Waals surface area contributed by atoms with Crippen LogP contribution in [0.2, 0.25) is 12.1 Å². The van der Waals surface area contributed by atoms with Gasteiger partial charge in [-0.05, 0) is 19.4 Å². The summed E-state index contributed by atoms with van der Waals surface area (Å²) < 4.78 is 12.5. The lowest BCUT2D eigenvalue weighted by atomic mass is 10.4. The maximum absolute atomic E-state index is 8.91. The van der Waals surface area contributed by atoms with Gasteiger partial charge in [0.15, 0.2) is 0 Å². The molecule has 0 aliphatic carbocycles. The molecule has 0 aromatic carbocycles. The molecule has 0 bridgehead atoms. The smallest absolute Gasteiger partial charge is 0.321 e. The van der Waals surface area contributed by atoms with Crippen LogP contribution in [0.1, 0.15) is 19.0 Å². The Morgan fingerprint density at radius 2 is 2.21 bits per heavy atom. The molecule has 0 atom stereocenters. The molecule has 6 nitrogen and oxygen atoms in total. The van der Waals surface area contributed by atoms with Crippen LogP contribution in [0.3, 0.4) is 0 Å². The molecule has 1 aromatic heterocycles.